The number of methoxy groups -OCH3 is 1. The monoisotopic (exact) mass is 254 g/mol. The molecule has 4 heteroatoms. The summed E-state index contributed by atoms with van der Waals surface area (Å²) in [5.74, 6) is 0.929. The van der Waals surface area contributed by atoms with E-state index in [0.29, 0.717) is 12.5 Å². The summed E-state index contributed by atoms with van der Waals surface area (Å²) in [6.07, 6.45) is 7.40. The van der Waals surface area contributed by atoms with Gasteiger partial charge in [-0.1, -0.05) is 26.2 Å². The van der Waals surface area contributed by atoms with Crippen LogP contribution >= 0.6 is 0 Å². The summed E-state index contributed by atoms with van der Waals surface area (Å²) in [6.45, 7) is 3.50. The van der Waals surface area contributed by atoms with Crippen LogP contribution in [-0.4, -0.2) is 43.3 Å². The minimum Gasteiger partial charge on any atom is -0.383 e. The molecular formula is C14H26N2O2. The highest BCUT2D eigenvalue weighted by atomic mass is 16.5. The zero-order chi connectivity index (χ0) is 13.0. The van der Waals surface area contributed by atoms with Crippen molar-refractivity contribution in [3.05, 3.63) is 0 Å². The first-order valence-electron chi connectivity index (χ1n) is 7.33. The first-order valence-corrected chi connectivity index (χ1v) is 7.33. The molecule has 2 aliphatic rings. The average Bonchev–Trinajstić information content (AvgIpc) is 2.97. The summed E-state index contributed by atoms with van der Waals surface area (Å²) < 4.78 is 5.14. The number of nitrogens with zero attached hydrogens (tertiary/aromatic N) is 1. The summed E-state index contributed by atoms with van der Waals surface area (Å²) in [7, 11) is 1.70. The topological polar surface area (TPSA) is 41.6 Å². The second-order valence-corrected chi connectivity index (χ2v) is 5.52. The van der Waals surface area contributed by atoms with E-state index >= 15 is 0 Å². The van der Waals surface area contributed by atoms with Crippen molar-refractivity contribution in [3.8, 4) is 0 Å². The molecule has 104 valence electrons. The average molecular weight is 254 g/mol. The molecular weight excluding hydrogens is 228 g/mol. The quantitative estimate of drug-likeness (QED) is 0.785. The van der Waals surface area contributed by atoms with Gasteiger partial charge in [0.05, 0.1) is 18.8 Å². The van der Waals surface area contributed by atoms with Gasteiger partial charge in [0.2, 0.25) is 5.91 Å². The molecule has 0 aromatic rings. The Balaban J connectivity index is 2.02. The molecule has 1 amide bonds. The lowest BCUT2D eigenvalue weighted by molar-refractivity contribution is -0.131. The molecule has 0 spiro atoms. The standard InChI is InChI=1S/C14H26N2O2/c1-3-6-12-14(17)16(9-10-18-2)13(15-12)11-7-4-5-8-11/h11-13,15H,3-10H2,1-2H3. The van der Waals surface area contributed by atoms with Crippen molar-refractivity contribution >= 4 is 5.91 Å². The molecule has 1 saturated heterocycles. The van der Waals surface area contributed by atoms with Gasteiger partial charge in [-0.15, -0.1) is 0 Å². The molecule has 0 bridgehead atoms. The van der Waals surface area contributed by atoms with Crippen LogP contribution in [0.2, 0.25) is 0 Å². The maximum atomic E-state index is 12.4. The van der Waals surface area contributed by atoms with Crippen LogP contribution in [0.25, 0.3) is 0 Å². The molecule has 0 aromatic carbocycles. The van der Waals surface area contributed by atoms with E-state index in [4.69, 9.17) is 4.74 Å². The van der Waals surface area contributed by atoms with E-state index in [9.17, 15) is 4.79 Å². The van der Waals surface area contributed by atoms with Crippen LogP contribution in [-0.2, 0) is 9.53 Å². The van der Waals surface area contributed by atoms with Gasteiger partial charge in [0.25, 0.3) is 0 Å². The van der Waals surface area contributed by atoms with Gasteiger partial charge in [0.1, 0.15) is 0 Å². The highest BCUT2D eigenvalue weighted by Crippen LogP contribution is 2.32. The third-order valence-corrected chi connectivity index (χ3v) is 4.25. The molecule has 1 saturated carbocycles. The van der Waals surface area contributed by atoms with Crippen molar-refractivity contribution in [2.45, 2.75) is 57.7 Å². The summed E-state index contributed by atoms with van der Waals surface area (Å²) in [4.78, 5) is 14.4. The number of rotatable bonds is 6. The Hall–Kier alpha value is -0.610. The number of hydrogen-bond acceptors (Lipinski definition) is 3. The van der Waals surface area contributed by atoms with Gasteiger partial charge in [0, 0.05) is 13.7 Å². The van der Waals surface area contributed by atoms with E-state index < -0.39 is 0 Å². The zero-order valence-electron chi connectivity index (χ0n) is 11.7. The molecule has 2 unspecified atom stereocenters. The molecule has 2 fully saturated rings. The highest BCUT2D eigenvalue weighted by Gasteiger charge is 2.42. The number of carbonyl (C=O) groups excluding carboxylic acids is 1. The van der Waals surface area contributed by atoms with E-state index in [1.54, 1.807) is 7.11 Å². The number of amides is 1. The van der Waals surface area contributed by atoms with Crippen molar-refractivity contribution in [1.29, 1.82) is 0 Å². The zero-order valence-corrected chi connectivity index (χ0v) is 11.7. The van der Waals surface area contributed by atoms with E-state index in [1.807, 2.05) is 4.90 Å². The predicted molar refractivity (Wildman–Crippen MR) is 71.2 cm³/mol. The van der Waals surface area contributed by atoms with Gasteiger partial charge < -0.3 is 9.64 Å². The summed E-state index contributed by atoms with van der Waals surface area (Å²) in [5.41, 5.74) is 0. The van der Waals surface area contributed by atoms with E-state index in [2.05, 4.69) is 12.2 Å². The molecule has 4 nitrogen and oxygen atoms in total. The number of nitrogens with one attached hydrogen (secondary N) is 1. The SMILES string of the molecule is CCCC1NC(C2CCCC2)N(CCOC)C1=O. The van der Waals surface area contributed by atoms with E-state index in [1.165, 1.54) is 25.7 Å². The minimum atomic E-state index is 0.0393. The fraction of sp³-hybridized carbons (Fsp3) is 0.929. The number of carbonyl (C=O) groups is 1. The number of ether oxygens (including phenoxy) is 1. The van der Waals surface area contributed by atoms with Crippen LogP contribution in [0, 0.1) is 5.92 Å². The Morgan fingerprint density at radius 3 is 2.72 bits per heavy atom. The molecule has 2 rings (SSSR count). The van der Waals surface area contributed by atoms with Gasteiger partial charge in [-0.25, -0.2) is 0 Å². The molecule has 0 radical (unpaired) electrons. The van der Waals surface area contributed by atoms with Gasteiger partial charge in [0.15, 0.2) is 0 Å². The van der Waals surface area contributed by atoms with Gasteiger partial charge in [-0.3, -0.25) is 10.1 Å². The van der Waals surface area contributed by atoms with Gasteiger partial charge >= 0.3 is 0 Å². The van der Waals surface area contributed by atoms with Gasteiger partial charge in [-0.05, 0) is 25.2 Å². The molecule has 1 aliphatic heterocycles. The first kappa shape index (κ1) is 13.8. The number of hydrogen-bond donors (Lipinski definition) is 1. The second kappa shape index (κ2) is 6.53. The molecule has 18 heavy (non-hydrogen) atoms. The normalized spacial score (nSPS) is 29.4. The fourth-order valence-electron chi connectivity index (χ4n) is 3.30. The molecule has 2 atom stereocenters. The third-order valence-electron chi connectivity index (χ3n) is 4.25. The maximum Gasteiger partial charge on any atom is 0.241 e. The first-order chi connectivity index (χ1) is 8.77. The van der Waals surface area contributed by atoms with Crippen molar-refractivity contribution in [3.63, 3.8) is 0 Å². The van der Waals surface area contributed by atoms with Crippen LogP contribution in [0.3, 0.4) is 0 Å². The lowest BCUT2D eigenvalue weighted by atomic mass is 10.0. The highest BCUT2D eigenvalue weighted by molar-refractivity contribution is 5.84. The van der Waals surface area contributed by atoms with Crippen LogP contribution < -0.4 is 5.32 Å². The lowest BCUT2D eigenvalue weighted by Crippen LogP contribution is -2.44. The summed E-state index contributed by atoms with van der Waals surface area (Å²) in [5, 5.41) is 3.56. The van der Waals surface area contributed by atoms with Crippen LogP contribution in [0.4, 0.5) is 0 Å². The Kier molecular flexibility index (Phi) is 5.01. The lowest BCUT2D eigenvalue weighted by Gasteiger charge is -2.28. The van der Waals surface area contributed by atoms with Gasteiger partial charge in [-0.2, -0.15) is 0 Å². The molecule has 1 heterocycles. The smallest absolute Gasteiger partial charge is 0.241 e. The summed E-state index contributed by atoms with van der Waals surface area (Å²) >= 11 is 0. The van der Waals surface area contributed by atoms with Crippen LogP contribution in [0.15, 0.2) is 0 Å². The predicted octanol–water partition coefficient (Wildman–Crippen LogP) is 1.75. The molecule has 0 aromatic heterocycles. The Bertz CT molecular complexity index is 277. The molecule has 1 aliphatic carbocycles. The van der Waals surface area contributed by atoms with Crippen LogP contribution in [0.5, 0.6) is 0 Å². The third kappa shape index (κ3) is 2.86. The second-order valence-electron chi connectivity index (χ2n) is 5.52. The van der Waals surface area contributed by atoms with Crippen LogP contribution in [0.1, 0.15) is 45.4 Å². The Morgan fingerprint density at radius 2 is 2.11 bits per heavy atom. The fourth-order valence-corrected chi connectivity index (χ4v) is 3.30. The van der Waals surface area contributed by atoms with E-state index in [0.717, 1.165) is 19.4 Å². The van der Waals surface area contributed by atoms with Crippen molar-refractivity contribution in [1.82, 2.24) is 10.2 Å². The van der Waals surface area contributed by atoms with Crippen molar-refractivity contribution in [2.75, 3.05) is 20.3 Å². The van der Waals surface area contributed by atoms with Crippen molar-refractivity contribution < 1.29 is 9.53 Å². The van der Waals surface area contributed by atoms with Crippen molar-refractivity contribution in [2.24, 2.45) is 5.92 Å². The maximum absolute atomic E-state index is 12.4. The largest absolute Gasteiger partial charge is 0.383 e. The van der Waals surface area contributed by atoms with E-state index in [-0.39, 0.29) is 18.1 Å². The molecule has 1 N–H and O–H groups in total. The Labute approximate surface area is 110 Å². The summed E-state index contributed by atoms with van der Waals surface area (Å²) in [6, 6.07) is 0.0393. The minimum absolute atomic E-state index is 0.0393. The Morgan fingerprint density at radius 1 is 1.39 bits per heavy atom.